The van der Waals surface area contributed by atoms with Gasteiger partial charge in [-0.3, -0.25) is 4.39 Å². The summed E-state index contributed by atoms with van der Waals surface area (Å²) in [5.41, 5.74) is 0.892. The van der Waals surface area contributed by atoms with Crippen LogP contribution in [0.5, 0.6) is 0 Å². The predicted octanol–water partition coefficient (Wildman–Crippen LogP) is 2.84. The topological polar surface area (TPSA) is 12.0 Å². The molecule has 0 amide bonds. The highest BCUT2D eigenvalue weighted by Crippen LogP contribution is 2.12. The fraction of sp³-hybridized carbons (Fsp3) is 0.455. The van der Waals surface area contributed by atoms with E-state index in [1.807, 2.05) is 13.0 Å². The minimum atomic E-state index is -0.317. The number of alkyl halides is 1. The number of rotatable bonds is 5. The van der Waals surface area contributed by atoms with Crippen LogP contribution in [0, 0.1) is 5.82 Å². The first-order chi connectivity index (χ1) is 6.74. The Kier molecular flexibility index (Phi) is 4.53. The zero-order valence-electron chi connectivity index (χ0n) is 8.26. The Bertz CT molecular complexity index is 276. The lowest BCUT2D eigenvalue weighted by molar-refractivity contribution is 0.445. The van der Waals surface area contributed by atoms with Gasteiger partial charge in [-0.15, -0.1) is 0 Å². The summed E-state index contributed by atoms with van der Waals surface area (Å²) >= 11 is 0. The zero-order chi connectivity index (χ0) is 10.4. The van der Waals surface area contributed by atoms with Gasteiger partial charge in [-0.2, -0.15) is 0 Å². The molecule has 0 fully saturated rings. The van der Waals surface area contributed by atoms with Crippen molar-refractivity contribution in [3.8, 4) is 0 Å². The lowest BCUT2D eigenvalue weighted by atomic mass is 10.1. The monoisotopic (exact) mass is 199 g/mol. The summed E-state index contributed by atoms with van der Waals surface area (Å²) in [6.07, 6.45) is 0.500. The minimum Gasteiger partial charge on any atom is -0.310 e. The highest BCUT2D eigenvalue weighted by molar-refractivity contribution is 5.19. The summed E-state index contributed by atoms with van der Waals surface area (Å²) in [4.78, 5) is 0. The van der Waals surface area contributed by atoms with Crippen molar-refractivity contribution in [2.24, 2.45) is 0 Å². The van der Waals surface area contributed by atoms with E-state index >= 15 is 0 Å². The molecule has 0 unspecified atom stereocenters. The van der Waals surface area contributed by atoms with Gasteiger partial charge >= 0.3 is 0 Å². The van der Waals surface area contributed by atoms with E-state index in [9.17, 15) is 8.78 Å². The molecular formula is C11H15F2N. The first-order valence-corrected chi connectivity index (χ1v) is 4.79. The Labute approximate surface area is 83.1 Å². The second-order valence-electron chi connectivity index (χ2n) is 3.27. The van der Waals surface area contributed by atoms with Crippen LogP contribution < -0.4 is 5.32 Å². The van der Waals surface area contributed by atoms with Crippen molar-refractivity contribution in [3.05, 3.63) is 35.6 Å². The van der Waals surface area contributed by atoms with Crippen molar-refractivity contribution in [2.45, 2.75) is 19.4 Å². The van der Waals surface area contributed by atoms with Crippen molar-refractivity contribution in [3.63, 3.8) is 0 Å². The second-order valence-corrected chi connectivity index (χ2v) is 3.27. The number of hydrogen-bond acceptors (Lipinski definition) is 1. The fourth-order valence-electron chi connectivity index (χ4n) is 1.28. The normalized spacial score (nSPS) is 12.8. The largest absolute Gasteiger partial charge is 0.310 e. The van der Waals surface area contributed by atoms with Gasteiger partial charge in [0.05, 0.1) is 6.67 Å². The van der Waals surface area contributed by atoms with Crippen LogP contribution in [0.1, 0.15) is 24.9 Å². The van der Waals surface area contributed by atoms with Gasteiger partial charge in [0.25, 0.3) is 0 Å². The van der Waals surface area contributed by atoms with Crippen LogP contribution in [0.2, 0.25) is 0 Å². The predicted molar refractivity (Wildman–Crippen MR) is 53.4 cm³/mol. The third kappa shape index (κ3) is 3.42. The molecule has 78 valence electrons. The van der Waals surface area contributed by atoms with Gasteiger partial charge in [-0.05, 0) is 37.6 Å². The molecule has 0 aromatic heterocycles. The third-order valence-electron chi connectivity index (χ3n) is 2.11. The van der Waals surface area contributed by atoms with Crippen LogP contribution >= 0.6 is 0 Å². The van der Waals surface area contributed by atoms with E-state index in [2.05, 4.69) is 5.32 Å². The van der Waals surface area contributed by atoms with Gasteiger partial charge in [-0.25, -0.2) is 4.39 Å². The van der Waals surface area contributed by atoms with Crippen LogP contribution in [0.15, 0.2) is 24.3 Å². The molecule has 0 spiro atoms. The van der Waals surface area contributed by atoms with Crippen molar-refractivity contribution < 1.29 is 8.78 Å². The summed E-state index contributed by atoms with van der Waals surface area (Å²) in [7, 11) is 0. The Morgan fingerprint density at radius 1 is 1.43 bits per heavy atom. The van der Waals surface area contributed by atoms with Gasteiger partial charge in [0.1, 0.15) is 5.82 Å². The van der Waals surface area contributed by atoms with Crippen molar-refractivity contribution >= 4 is 0 Å². The molecule has 0 radical (unpaired) electrons. The molecule has 1 aromatic carbocycles. The highest BCUT2D eigenvalue weighted by Gasteiger charge is 2.04. The second kappa shape index (κ2) is 5.70. The molecule has 3 heteroatoms. The van der Waals surface area contributed by atoms with E-state index in [1.54, 1.807) is 6.07 Å². The van der Waals surface area contributed by atoms with E-state index in [0.717, 1.165) is 5.56 Å². The smallest absolute Gasteiger partial charge is 0.123 e. The molecular weight excluding hydrogens is 184 g/mol. The third-order valence-corrected chi connectivity index (χ3v) is 2.11. The molecule has 1 nitrogen and oxygen atoms in total. The number of nitrogens with one attached hydrogen (secondary N) is 1. The zero-order valence-corrected chi connectivity index (χ0v) is 8.26. The summed E-state index contributed by atoms with van der Waals surface area (Å²) in [5, 5.41) is 3.12. The Hall–Kier alpha value is -0.960. The molecule has 1 N–H and O–H groups in total. The van der Waals surface area contributed by atoms with E-state index in [1.165, 1.54) is 12.1 Å². The van der Waals surface area contributed by atoms with Gasteiger partial charge < -0.3 is 5.32 Å². The first kappa shape index (κ1) is 11.1. The fourth-order valence-corrected chi connectivity index (χ4v) is 1.28. The molecule has 0 saturated heterocycles. The van der Waals surface area contributed by atoms with E-state index in [0.29, 0.717) is 13.0 Å². The Morgan fingerprint density at radius 3 is 2.86 bits per heavy atom. The van der Waals surface area contributed by atoms with Crippen LogP contribution in [0.4, 0.5) is 8.78 Å². The van der Waals surface area contributed by atoms with E-state index < -0.39 is 0 Å². The Balaban J connectivity index is 2.47. The lowest BCUT2D eigenvalue weighted by Crippen LogP contribution is -2.20. The number of benzene rings is 1. The van der Waals surface area contributed by atoms with Crippen LogP contribution in [0.25, 0.3) is 0 Å². The summed E-state index contributed by atoms with van der Waals surface area (Å²) in [5.74, 6) is -0.235. The molecule has 1 aromatic rings. The average Bonchev–Trinajstić information content (AvgIpc) is 2.18. The van der Waals surface area contributed by atoms with Crippen molar-refractivity contribution in [1.29, 1.82) is 0 Å². The Morgan fingerprint density at radius 2 is 2.21 bits per heavy atom. The van der Waals surface area contributed by atoms with E-state index in [4.69, 9.17) is 0 Å². The van der Waals surface area contributed by atoms with Crippen molar-refractivity contribution in [2.75, 3.05) is 13.2 Å². The standard InChI is InChI=1S/C11H15F2N/c1-9(14-7-3-6-12)10-4-2-5-11(13)8-10/h2,4-5,8-9,14H,3,6-7H2,1H3/t9-/m0/s1. The van der Waals surface area contributed by atoms with Crippen LogP contribution in [0.3, 0.4) is 0 Å². The van der Waals surface area contributed by atoms with Crippen LogP contribution in [-0.4, -0.2) is 13.2 Å². The summed E-state index contributed by atoms with van der Waals surface area (Å²) in [6.45, 7) is 2.24. The maximum atomic E-state index is 12.8. The average molecular weight is 199 g/mol. The molecule has 14 heavy (non-hydrogen) atoms. The van der Waals surface area contributed by atoms with Gasteiger partial charge in [0, 0.05) is 6.04 Å². The van der Waals surface area contributed by atoms with Crippen LogP contribution in [-0.2, 0) is 0 Å². The maximum absolute atomic E-state index is 12.8. The van der Waals surface area contributed by atoms with Gasteiger partial charge in [0.2, 0.25) is 0 Å². The summed E-state index contributed by atoms with van der Waals surface area (Å²) < 4.78 is 24.6. The minimum absolute atomic E-state index is 0.0669. The molecule has 0 aliphatic heterocycles. The quantitative estimate of drug-likeness (QED) is 0.719. The van der Waals surface area contributed by atoms with E-state index in [-0.39, 0.29) is 18.5 Å². The van der Waals surface area contributed by atoms with Gasteiger partial charge in [-0.1, -0.05) is 12.1 Å². The molecule has 0 saturated carbocycles. The number of hydrogen-bond donors (Lipinski definition) is 1. The molecule has 0 heterocycles. The SMILES string of the molecule is C[C@H](NCCCF)c1cccc(F)c1. The maximum Gasteiger partial charge on any atom is 0.123 e. The molecule has 0 aliphatic carbocycles. The highest BCUT2D eigenvalue weighted by atomic mass is 19.1. The van der Waals surface area contributed by atoms with Gasteiger partial charge in [0.15, 0.2) is 0 Å². The van der Waals surface area contributed by atoms with Crippen molar-refractivity contribution in [1.82, 2.24) is 5.32 Å². The summed E-state index contributed by atoms with van der Waals surface area (Å²) in [6, 6.07) is 6.51. The first-order valence-electron chi connectivity index (χ1n) is 4.79. The molecule has 1 rings (SSSR count). The molecule has 0 bridgehead atoms. The molecule has 1 atom stereocenters. The molecule has 0 aliphatic rings. The number of halogens is 2. The lowest BCUT2D eigenvalue weighted by Gasteiger charge is -2.13.